The van der Waals surface area contributed by atoms with Gasteiger partial charge in [0, 0.05) is 28.9 Å². The summed E-state index contributed by atoms with van der Waals surface area (Å²) < 4.78 is 3.13. The summed E-state index contributed by atoms with van der Waals surface area (Å²) in [6.07, 6.45) is 1.91. The number of nitrogens with one attached hydrogen (secondary N) is 1. The van der Waals surface area contributed by atoms with Crippen LogP contribution in [0.2, 0.25) is 0 Å². The van der Waals surface area contributed by atoms with Crippen LogP contribution in [0.25, 0.3) is 5.69 Å². The van der Waals surface area contributed by atoms with E-state index in [9.17, 15) is 0 Å². The summed E-state index contributed by atoms with van der Waals surface area (Å²) in [5.41, 5.74) is 6.27. The number of fused-ring (bicyclic) bond motifs is 1. The van der Waals surface area contributed by atoms with E-state index in [-0.39, 0.29) is 5.92 Å². The third-order valence-corrected chi connectivity index (χ3v) is 6.08. The highest BCUT2D eigenvalue weighted by Gasteiger charge is 2.26. The molecule has 0 fully saturated rings. The molecule has 0 saturated carbocycles. The zero-order valence-electron chi connectivity index (χ0n) is 16.1. The Bertz CT molecular complexity index is 1080. The average molecular weight is 444 g/mol. The van der Waals surface area contributed by atoms with E-state index in [2.05, 4.69) is 105 Å². The van der Waals surface area contributed by atoms with E-state index >= 15 is 0 Å². The van der Waals surface area contributed by atoms with Crippen LogP contribution in [0.1, 0.15) is 28.3 Å². The van der Waals surface area contributed by atoms with E-state index in [1.807, 2.05) is 6.07 Å². The summed E-state index contributed by atoms with van der Waals surface area (Å²) in [6, 6.07) is 29.9. The van der Waals surface area contributed by atoms with Crippen molar-refractivity contribution in [2.45, 2.75) is 18.8 Å². The summed E-state index contributed by atoms with van der Waals surface area (Å²) in [4.78, 5) is 0. The Morgan fingerprint density at radius 2 is 1.59 bits per heavy atom. The fraction of sp³-hybridized carbons (Fsp3) is 0.160. The van der Waals surface area contributed by atoms with Crippen molar-refractivity contribution in [3.05, 3.63) is 112 Å². The summed E-state index contributed by atoms with van der Waals surface area (Å²) in [5, 5.41) is 8.61. The number of hydrogen-bond donors (Lipinski definition) is 1. The van der Waals surface area contributed by atoms with Crippen LogP contribution in [-0.2, 0) is 12.8 Å². The lowest BCUT2D eigenvalue weighted by Crippen LogP contribution is -2.09. The standard InChI is InChI=1S/C25H22BrN3/c26-20-12-7-13-21(16-20)29-25-22(14-15-27-25)24(28-29)17-23(18-8-3-1-4-9-18)19-10-5-2-6-11-19/h1-13,16,23,27H,14-15,17H2. The van der Waals surface area contributed by atoms with Crippen molar-refractivity contribution >= 4 is 21.7 Å². The van der Waals surface area contributed by atoms with Gasteiger partial charge < -0.3 is 5.32 Å². The zero-order valence-corrected chi connectivity index (χ0v) is 17.6. The minimum Gasteiger partial charge on any atom is -0.369 e. The molecule has 144 valence electrons. The molecule has 29 heavy (non-hydrogen) atoms. The van der Waals surface area contributed by atoms with Gasteiger partial charge in [0.1, 0.15) is 5.82 Å². The van der Waals surface area contributed by atoms with Crippen molar-refractivity contribution in [3.63, 3.8) is 0 Å². The Kier molecular flexibility index (Phi) is 4.94. The highest BCUT2D eigenvalue weighted by molar-refractivity contribution is 9.10. The van der Waals surface area contributed by atoms with Gasteiger partial charge in [0.25, 0.3) is 0 Å². The second-order valence-electron chi connectivity index (χ2n) is 7.42. The Morgan fingerprint density at radius 1 is 0.897 bits per heavy atom. The van der Waals surface area contributed by atoms with Crippen molar-refractivity contribution in [2.75, 3.05) is 11.9 Å². The number of aromatic nitrogens is 2. The predicted octanol–water partition coefficient (Wildman–Crippen LogP) is 5.98. The molecule has 0 amide bonds. The molecule has 1 N–H and O–H groups in total. The summed E-state index contributed by atoms with van der Waals surface area (Å²) >= 11 is 3.59. The van der Waals surface area contributed by atoms with E-state index in [4.69, 9.17) is 5.10 Å². The second-order valence-corrected chi connectivity index (χ2v) is 8.34. The molecule has 1 aromatic heterocycles. The maximum Gasteiger partial charge on any atom is 0.133 e. The highest BCUT2D eigenvalue weighted by atomic mass is 79.9. The van der Waals surface area contributed by atoms with Crippen molar-refractivity contribution < 1.29 is 0 Å². The van der Waals surface area contributed by atoms with Crippen molar-refractivity contribution in [3.8, 4) is 5.69 Å². The molecule has 0 spiro atoms. The molecule has 0 unspecified atom stereocenters. The first kappa shape index (κ1) is 18.2. The van der Waals surface area contributed by atoms with Gasteiger partial charge in [-0.3, -0.25) is 0 Å². The molecule has 2 heterocycles. The third kappa shape index (κ3) is 3.60. The molecule has 0 atom stereocenters. The molecular weight excluding hydrogens is 422 g/mol. The van der Waals surface area contributed by atoms with E-state index in [1.54, 1.807) is 0 Å². The lowest BCUT2D eigenvalue weighted by molar-refractivity contribution is 0.745. The molecule has 0 radical (unpaired) electrons. The smallest absolute Gasteiger partial charge is 0.133 e. The minimum absolute atomic E-state index is 0.285. The van der Waals surface area contributed by atoms with E-state index in [0.717, 1.165) is 35.4 Å². The van der Waals surface area contributed by atoms with Gasteiger partial charge in [-0.05, 0) is 35.7 Å². The Morgan fingerprint density at radius 3 is 2.24 bits per heavy atom. The second kappa shape index (κ2) is 7.88. The number of nitrogens with zero attached hydrogens (tertiary/aromatic N) is 2. The van der Waals surface area contributed by atoms with Crippen LogP contribution >= 0.6 is 15.9 Å². The molecule has 3 aromatic carbocycles. The van der Waals surface area contributed by atoms with Crippen LogP contribution in [0.15, 0.2) is 89.4 Å². The monoisotopic (exact) mass is 443 g/mol. The van der Waals surface area contributed by atoms with Crippen LogP contribution in [0.3, 0.4) is 0 Å². The molecular formula is C25H22BrN3. The van der Waals surface area contributed by atoms with Gasteiger partial charge in [0.15, 0.2) is 0 Å². The Balaban J connectivity index is 1.57. The van der Waals surface area contributed by atoms with Crippen molar-refractivity contribution in [1.29, 1.82) is 0 Å². The summed E-state index contributed by atoms with van der Waals surface area (Å²) in [6.45, 7) is 0.968. The molecule has 1 aliphatic heterocycles. The Hall–Kier alpha value is -2.85. The first-order valence-corrected chi connectivity index (χ1v) is 10.8. The number of halogens is 1. The zero-order chi connectivity index (χ0) is 19.6. The first-order chi connectivity index (χ1) is 14.3. The lowest BCUT2D eigenvalue weighted by atomic mass is 9.86. The van der Waals surface area contributed by atoms with Gasteiger partial charge in [-0.2, -0.15) is 5.10 Å². The topological polar surface area (TPSA) is 29.9 Å². The molecule has 0 aliphatic carbocycles. The molecule has 4 heteroatoms. The average Bonchev–Trinajstić information content (AvgIpc) is 3.37. The van der Waals surface area contributed by atoms with Gasteiger partial charge in [0.05, 0.1) is 11.4 Å². The quantitative estimate of drug-likeness (QED) is 0.411. The largest absolute Gasteiger partial charge is 0.369 e. The Labute approximate surface area is 179 Å². The molecule has 3 nitrogen and oxygen atoms in total. The van der Waals surface area contributed by atoms with Gasteiger partial charge in [-0.25, -0.2) is 4.68 Å². The van der Waals surface area contributed by atoms with Gasteiger partial charge in [-0.15, -0.1) is 0 Å². The van der Waals surface area contributed by atoms with Crippen LogP contribution < -0.4 is 5.32 Å². The molecule has 5 rings (SSSR count). The van der Waals surface area contributed by atoms with Gasteiger partial charge in [-0.1, -0.05) is 82.7 Å². The number of hydrogen-bond acceptors (Lipinski definition) is 2. The molecule has 1 aliphatic rings. The maximum absolute atomic E-state index is 5.07. The van der Waals surface area contributed by atoms with E-state index in [0.29, 0.717) is 0 Å². The van der Waals surface area contributed by atoms with E-state index < -0.39 is 0 Å². The lowest BCUT2D eigenvalue weighted by Gasteiger charge is -2.17. The van der Waals surface area contributed by atoms with Crippen LogP contribution in [-0.4, -0.2) is 16.3 Å². The van der Waals surface area contributed by atoms with Crippen LogP contribution in [0.4, 0.5) is 5.82 Å². The van der Waals surface area contributed by atoms with Gasteiger partial charge >= 0.3 is 0 Å². The van der Waals surface area contributed by atoms with E-state index in [1.165, 1.54) is 22.4 Å². The van der Waals surface area contributed by atoms with Crippen molar-refractivity contribution in [2.24, 2.45) is 0 Å². The van der Waals surface area contributed by atoms with Gasteiger partial charge in [0.2, 0.25) is 0 Å². The fourth-order valence-corrected chi connectivity index (χ4v) is 4.58. The number of benzene rings is 3. The summed E-state index contributed by atoms with van der Waals surface area (Å²) in [5.74, 6) is 1.42. The number of rotatable bonds is 5. The normalized spacial score (nSPS) is 12.8. The maximum atomic E-state index is 5.07. The number of anilines is 1. The van der Waals surface area contributed by atoms with Crippen LogP contribution in [0.5, 0.6) is 0 Å². The fourth-order valence-electron chi connectivity index (χ4n) is 4.20. The molecule has 0 bridgehead atoms. The third-order valence-electron chi connectivity index (χ3n) is 5.59. The van der Waals surface area contributed by atoms with Crippen LogP contribution in [0, 0.1) is 0 Å². The summed E-state index contributed by atoms with van der Waals surface area (Å²) in [7, 11) is 0. The van der Waals surface area contributed by atoms with Crippen molar-refractivity contribution in [1.82, 2.24) is 9.78 Å². The molecule has 0 saturated heterocycles. The molecule has 4 aromatic rings. The predicted molar refractivity (Wildman–Crippen MR) is 122 cm³/mol. The highest BCUT2D eigenvalue weighted by Crippen LogP contribution is 2.34. The first-order valence-electron chi connectivity index (χ1n) is 10.00. The minimum atomic E-state index is 0.285. The SMILES string of the molecule is Brc1cccc(-n2nc(CC(c3ccccc3)c3ccccc3)c3c2NCC3)c1.